The molecule has 0 aliphatic carbocycles. The Morgan fingerprint density at radius 3 is 2.90 bits per heavy atom. The average Bonchev–Trinajstić information content (AvgIpc) is 2.79. The molecule has 0 bridgehead atoms. The zero-order valence-electron chi connectivity index (χ0n) is 11.0. The lowest BCUT2D eigenvalue weighted by atomic mass is 10.1. The maximum absolute atomic E-state index is 14.1. The van der Waals surface area contributed by atoms with Crippen LogP contribution in [-0.2, 0) is 7.05 Å². The second-order valence-electron chi connectivity index (χ2n) is 4.34. The quantitative estimate of drug-likeness (QED) is 0.769. The maximum atomic E-state index is 14.1. The highest BCUT2D eigenvalue weighted by Crippen LogP contribution is 2.31. The third-order valence-electron chi connectivity index (χ3n) is 2.94. The first-order chi connectivity index (χ1) is 9.58. The van der Waals surface area contributed by atoms with Gasteiger partial charge in [0.2, 0.25) is 5.95 Å². The van der Waals surface area contributed by atoms with Gasteiger partial charge < -0.3 is 10.5 Å². The van der Waals surface area contributed by atoms with Gasteiger partial charge in [-0.25, -0.2) is 14.4 Å². The minimum absolute atomic E-state index is 0.104. The fraction of sp³-hybridized carbons (Fsp3) is 0.154. The second kappa shape index (κ2) is 4.44. The summed E-state index contributed by atoms with van der Waals surface area (Å²) in [6.07, 6.45) is 3.20. The fourth-order valence-corrected chi connectivity index (χ4v) is 2.09. The molecule has 6 nitrogen and oxygen atoms in total. The number of hydrogen-bond acceptors (Lipinski definition) is 5. The zero-order valence-corrected chi connectivity index (χ0v) is 11.0. The Bertz CT molecular complexity index is 799. The number of nitrogens with two attached hydrogens (primary N) is 1. The van der Waals surface area contributed by atoms with Crippen LogP contribution in [0, 0.1) is 5.82 Å². The smallest absolute Gasteiger partial charge is 0.220 e. The number of ether oxygens (including phenoxy) is 1. The van der Waals surface area contributed by atoms with Crippen molar-refractivity contribution in [3.63, 3.8) is 0 Å². The predicted molar refractivity (Wildman–Crippen MR) is 72.7 cm³/mol. The number of hydrogen-bond donors (Lipinski definition) is 1. The van der Waals surface area contributed by atoms with E-state index in [9.17, 15) is 4.39 Å². The van der Waals surface area contributed by atoms with Crippen LogP contribution in [0.25, 0.3) is 22.2 Å². The summed E-state index contributed by atoms with van der Waals surface area (Å²) in [5, 5.41) is 4.74. The molecular formula is C13H12FN5O. The van der Waals surface area contributed by atoms with Crippen molar-refractivity contribution in [1.29, 1.82) is 0 Å². The van der Waals surface area contributed by atoms with E-state index in [4.69, 9.17) is 10.5 Å². The molecule has 3 rings (SSSR count). The molecule has 0 saturated carbocycles. The highest BCUT2D eigenvalue weighted by atomic mass is 19.1. The molecule has 0 radical (unpaired) electrons. The van der Waals surface area contributed by atoms with Gasteiger partial charge in [0.25, 0.3) is 0 Å². The lowest BCUT2D eigenvalue weighted by Gasteiger charge is -2.08. The number of anilines is 1. The van der Waals surface area contributed by atoms with Gasteiger partial charge in [0.05, 0.1) is 13.3 Å². The van der Waals surface area contributed by atoms with E-state index in [1.807, 2.05) is 0 Å². The van der Waals surface area contributed by atoms with Crippen LogP contribution in [0.15, 0.2) is 24.5 Å². The number of methoxy groups -OCH3 is 1. The number of benzene rings is 1. The minimum Gasteiger partial charge on any atom is -0.493 e. The van der Waals surface area contributed by atoms with Crippen molar-refractivity contribution in [1.82, 2.24) is 19.7 Å². The zero-order chi connectivity index (χ0) is 14.3. The minimum atomic E-state index is -0.419. The van der Waals surface area contributed by atoms with E-state index in [2.05, 4.69) is 15.1 Å². The number of nitrogen functional groups attached to an aromatic ring is 1. The van der Waals surface area contributed by atoms with Gasteiger partial charge in [-0.15, -0.1) is 0 Å². The molecule has 0 amide bonds. The molecule has 0 aliphatic heterocycles. The predicted octanol–water partition coefficient (Wildman–Crippen LogP) is 1.76. The first-order valence-electron chi connectivity index (χ1n) is 5.88. The van der Waals surface area contributed by atoms with E-state index in [1.54, 1.807) is 24.0 Å². The standard InChI is InChI=1S/C13H12FN5O/c1-19-6-8-3-7(4-9(14)11(8)18-19)12-10(20-2)5-16-13(15)17-12/h3-6H,1-2H3,(H2,15,16,17). The number of fused-ring (bicyclic) bond motifs is 1. The molecular weight excluding hydrogens is 261 g/mol. The van der Waals surface area contributed by atoms with Crippen LogP contribution < -0.4 is 10.5 Å². The third-order valence-corrected chi connectivity index (χ3v) is 2.94. The summed E-state index contributed by atoms with van der Waals surface area (Å²) in [6, 6.07) is 3.15. The van der Waals surface area contributed by atoms with Crippen molar-refractivity contribution in [2.24, 2.45) is 7.05 Å². The molecule has 0 spiro atoms. The Hall–Kier alpha value is -2.70. The van der Waals surface area contributed by atoms with Crippen LogP contribution in [0.2, 0.25) is 0 Å². The van der Waals surface area contributed by atoms with Crippen LogP contribution in [-0.4, -0.2) is 26.9 Å². The number of halogens is 1. The summed E-state index contributed by atoms with van der Waals surface area (Å²) >= 11 is 0. The summed E-state index contributed by atoms with van der Waals surface area (Å²) in [6.45, 7) is 0. The van der Waals surface area contributed by atoms with Crippen LogP contribution >= 0.6 is 0 Å². The molecule has 0 atom stereocenters. The largest absolute Gasteiger partial charge is 0.493 e. The molecule has 102 valence electrons. The number of aromatic nitrogens is 4. The first-order valence-corrected chi connectivity index (χ1v) is 5.88. The molecule has 0 aliphatic rings. The molecule has 0 saturated heterocycles. The molecule has 0 unspecified atom stereocenters. The monoisotopic (exact) mass is 273 g/mol. The molecule has 2 aromatic heterocycles. The van der Waals surface area contributed by atoms with Crippen molar-refractivity contribution in [2.75, 3.05) is 12.8 Å². The van der Waals surface area contributed by atoms with Gasteiger partial charge in [-0.2, -0.15) is 5.10 Å². The van der Waals surface area contributed by atoms with Crippen LogP contribution in [0.1, 0.15) is 0 Å². The van der Waals surface area contributed by atoms with Gasteiger partial charge in [0.15, 0.2) is 11.6 Å². The Balaban J connectivity index is 2.26. The van der Waals surface area contributed by atoms with Crippen LogP contribution in [0.4, 0.5) is 10.3 Å². The molecule has 7 heteroatoms. The van der Waals surface area contributed by atoms with Gasteiger partial charge in [-0.3, -0.25) is 4.68 Å². The van der Waals surface area contributed by atoms with Gasteiger partial charge in [0, 0.05) is 24.2 Å². The topological polar surface area (TPSA) is 78.8 Å². The van der Waals surface area contributed by atoms with Crippen molar-refractivity contribution >= 4 is 16.9 Å². The van der Waals surface area contributed by atoms with Gasteiger partial charge in [-0.1, -0.05) is 0 Å². The SMILES string of the molecule is COc1cnc(N)nc1-c1cc(F)c2nn(C)cc2c1. The van der Waals surface area contributed by atoms with Crippen molar-refractivity contribution in [2.45, 2.75) is 0 Å². The normalized spacial score (nSPS) is 10.9. The van der Waals surface area contributed by atoms with Gasteiger partial charge in [-0.05, 0) is 12.1 Å². The summed E-state index contributed by atoms with van der Waals surface area (Å²) in [5.74, 6) is 0.117. The van der Waals surface area contributed by atoms with Gasteiger partial charge in [0.1, 0.15) is 11.2 Å². The molecule has 3 aromatic rings. The fourth-order valence-electron chi connectivity index (χ4n) is 2.09. The van der Waals surface area contributed by atoms with Crippen molar-refractivity contribution < 1.29 is 9.13 Å². The van der Waals surface area contributed by atoms with Crippen LogP contribution in [0.5, 0.6) is 5.75 Å². The Morgan fingerprint density at radius 2 is 2.15 bits per heavy atom. The summed E-state index contributed by atoms with van der Waals surface area (Å²) in [5.41, 5.74) is 6.92. The molecule has 0 fully saturated rings. The summed E-state index contributed by atoms with van der Waals surface area (Å²) in [4.78, 5) is 7.97. The summed E-state index contributed by atoms with van der Waals surface area (Å²) in [7, 11) is 3.24. The van der Waals surface area contributed by atoms with E-state index < -0.39 is 5.82 Å². The number of nitrogens with zero attached hydrogens (tertiary/aromatic N) is 4. The Kier molecular flexibility index (Phi) is 2.74. The highest BCUT2D eigenvalue weighted by Gasteiger charge is 2.14. The maximum Gasteiger partial charge on any atom is 0.220 e. The highest BCUT2D eigenvalue weighted by molar-refractivity contribution is 5.85. The molecule has 20 heavy (non-hydrogen) atoms. The van der Waals surface area contributed by atoms with E-state index in [0.29, 0.717) is 27.9 Å². The summed E-state index contributed by atoms with van der Waals surface area (Å²) < 4.78 is 20.8. The second-order valence-corrected chi connectivity index (χ2v) is 4.34. The average molecular weight is 273 g/mol. The number of rotatable bonds is 2. The molecule has 2 N–H and O–H groups in total. The van der Waals surface area contributed by atoms with Crippen molar-refractivity contribution in [3.8, 4) is 17.0 Å². The van der Waals surface area contributed by atoms with Crippen molar-refractivity contribution in [3.05, 3.63) is 30.3 Å². The third kappa shape index (κ3) is 1.93. The van der Waals surface area contributed by atoms with Crippen LogP contribution in [0.3, 0.4) is 0 Å². The Labute approximate surface area is 114 Å². The Morgan fingerprint density at radius 1 is 1.35 bits per heavy atom. The lowest BCUT2D eigenvalue weighted by Crippen LogP contribution is -1.99. The van der Waals surface area contributed by atoms with E-state index >= 15 is 0 Å². The molecule has 1 aromatic carbocycles. The number of aryl methyl sites for hydroxylation is 1. The lowest BCUT2D eigenvalue weighted by molar-refractivity contribution is 0.413. The van der Waals surface area contributed by atoms with Gasteiger partial charge >= 0.3 is 0 Å². The van der Waals surface area contributed by atoms with E-state index in [-0.39, 0.29) is 5.95 Å². The first kappa shape index (κ1) is 12.3. The molecule has 2 heterocycles. The van der Waals surface area contributed by atoms with E-state index in [1.165, 1.54) is 19.4 Å². The van der Waals surface area contributed by atoms with E-state index in [0.717, 1.165) is 0 Å².